The Labute approximate surface area is 48.9 Å². The Morgan fingerprint density at radius 3 is 2.25 bits per heavy atom. The zero-order chi connectivity index (χ0) is 6.57. The van der Waals surface area contributed by atoms with E-state index in [0.29, 0.717) is 6.54 Å². The van der Waals surface area contributed by atoms with Gasteiger partial charge >= 0.3 is 0 Å². The first-order valence-electron chi connectivity index (χ1n) is 2.54. The number of hydrogen-bond acceptors (Lipinski definition) is 1. The van der Waals surface area contributed by atoms with Crippen LogP contribution in [-0.2, 0) is 9.90 Å². The van der Waals surface area contributed by atoms with Gasteiger partial charge < -0.3 is 4.90 Å². The summed E-state index contributed by atoms with van der Waals surface area (Å²) in [5, 5.41) is 9.84. The SMILES string of the molecule is CCN(C)C(=O)C[O]. The number of carbonyl (C=O) groups is 1. The predicted molar refractivity (Wildman–Crippen MR) is 28.9 cm³/mol. The minimum absolute atomic E-state index is 0.340. The lowest BCUT2D eigenvalue weighted by atomic mass is 10.5. The summed E-state index contributed by atoms with van der Waals surface area (Å²) in [6, 6.07) is 0. The van der Waals surface area contributed by atoms with E-state index in [4.69, 9.17) is 0 Å². The number of nitrogens with zero attached hydrogens (tertiary/aromatic N) is 1. The Hall–Kier alpha value is -0.570. The van der Waals surface area contributed by atoms with Gasteiger partial charge in [0, 0.05) is 13.6 Å². The van der Waals surface area contributed by atoms with Crippen molar-refractivity contribution in [2.24, 2.45) is 0 Å². The lowest BCUT2D eigenvalue weighted by molar-refractivity contribution is -0.134. The van der Waals surface area contributed by atoms with Crippen LogP contribution in [0.25, 0.3) is 0 Å². The van der Waals surface area contributed by atoms with Crippen LogP contribution in [0.4, 0.5) is 0 Å². The largest absolute Gasteiger partial charge is 0.344 e. The van der Waals surface area contributed by atoms with E-state index in [0.717, 1.165) is 0 Å². The zero-order valence-electron chi connectivity index (χ0n) is 5.18. The topological polar surface area (TPSA) is 40.2 Å². The number of hydrogen-bond donors (Lipinski definition) is 0. The summed E-state index contributed by atoms with van der Waals surface area (Å²) in [5.74, 6) is -0.340. The Bertz CT molecular complexity index is 82.5. The minimum Gasteiger partial charge on any atom is -0.344 e. The molecule has 0 aliphatic heterocycles. The van der Waals surface area contributed by atoms with Gasteiger partial charge in [-0.3, -0.25) is 4.79 Å². The van der Waals surface area contributed by atoms with Crippen LogP contribution >= 0.6 is 0 Å². The molecule has 0 N–H and O–H groups in total. The van der Waals surface area contributed by atoms with E-state index < -0.39 is 6.61 Å². The fraction of sp³-hybridized carbons (Fsp3) is 0.800. The van der Waals surface area contributed by atoms with Crippen LogP contribution < -0.4 is 0 Å². The summed E-state index contributed by atoms with van der Waals surface area (Å²) in [5.41, 5.74) is 0. The third-order valence-electron chi connectivity index (χ3n) is 1.02. The molecule has 1 radical (unpaired) electrons. The highest BCUT2D eigenvalue weighted by molar-refractivity contribution is 5.76. The normalized spacial score (nSPS) is 8.88. The van der Waals surface area contributed by atoms with E-state index in [1.807, 2.05) is 6.92 Å². The summed E-state index contributed by atoms with van der Waals surface area (Å²) in [7, 11) is 1.61. The highest BCUT2D eigenvalue weighted by Gasteiger charge is 2.02. The lowest BCUT2D eigenvalue weighted by Crippen LogP contribution is -2.28. The van der Waals surface area contributed by atoms with Crippen molar-refractivity contribution in [3.05, 3.63) is 0 Å². The van der Waals surface area contributed by atoms with Crippen LogP contribution in [0.2, 0.25) is 0 Å². The number of carbonyl (C=O) groups excluding carboxylic acids is 1. The van der Waals surface area contributed by atoms with Gasteiger partial charge in [-0.15, -0.1) is 0 Å². The van der Waals surface area contributed by atoms with Crippen molar-refractivity contribution >= 4 is 5.91 Å². The van der Waals surface area contributed by atoms with E-state index in [9.17, 15) is 9.90 Å². The quantitative estimate of drug-likeness (QED) is 0.496. The molecule has 47 valence electrons. The fourth-order valence-electron chi connectivity index (χ4n) is 0.287. The van der Waals surface area contributed by atoms with E-state index in [-0.39, 0.29) is 5.91 Å². The van der Waals surface area contributed by atoms with Crippen molar-refractivity contribution in [2.75, 3.05) is 20.2 Å². The number of rotatable bonds is 2. The molecule has 8 heavy (non-hydrogen) atoms. The molecule has 1 amide bonds. The molecule has 0 fully saturated rings. The van der Waals surface area contributed by atoms with Gasteiger partial charge in [0.1, 0.15) is 0 Å². The lowest BCUT2D eigenvalue weighted by Gasteiger charge is -2.10. The van der Waals surface area contributed by atoms with Crippen molar-refractivity contribution in [3.63, 3.8) is 0 Å². The molecule has 0 rings (SSSR count). The minimum atomic E-state index is -0.635. The van der Waals surface area contributed by atoms with Gasteiger partial charge in [-0.2, -0.15) is 0 Å². The maximum absolute atomic E-state index is 10.4. The highest BCUT2D eigenvalue weighted by atomic mass is 16.3. The Morgan fingerprint density at radius 1 is 1.62 bits per heavy atom. The predicted octanol–water partition coefficient (Wildman–Crippen LogP) is -0.105. The van der Waals surface area contributed by atoms with Crippen LogP contribution in [0, 0.1) is 0 Å². The van der Waals surface area contributed by atoms with Crippen molar-refractivity contribution in [3.8, 4) is 0 Å². The summed E-state index contributed by atoms with van der Waals surface area (Å²) in [4.78, 5) is 11.8. The second kappa shape index (κ2) is 3.43. The first-order valence-corrected chi connectivity index (χ1v) is 2.54. The third-order valence-corrected chi connectivity index (χ3v) is 1.02. The molecule has 0 aromatic rings. The van der Waals surface area contributed by atoms with Gasteiger partial charge in [-0.05, 0) is 6.92 Å². The van der Waals surface area contributed by atoms with Crippen molar-refractivity contribution in [1.29, 1.82) is 0 Å². The molecule has 0 atom stereocenters. The van der Waals surface area contributed by atoms with Crippen LogP contribution in [-0.4, -0.2) is 31.0 Å². The molecule has 0 saturated carbocycles. The van der Waals surface area contributed by atoms with Gasteiger partial charge in [0.05, 0.1) is 0 Å². The smallest absolute Gasteiger partial charge is 0.251 e. The van der Waals surface area contributed by atoms with Crippen LogP contribution in [0.5, 0.6) is 0 Å². The molecule has 0 unspecified atom stereocenters. The summed E-state index contributed by atoms with van der Waals surface area (Å²) < 4.78 is 0. The average molecular weight is 116 g/mol. The van der Waals surface area contributed by atoms with E-state index >= 15 is 0 Å². The number of likely N-dealkylation sites (N-methyl/N-ethyl adjacent to an activating group) is 1. The monoisotopic (exact) mass is 116 g/mol. The van der Waals surface area contributed by atoms with E-state index in [1.165, 1.54) is 4.90 Å². The highest BCUT2D eigenvalue weighted by Crippen LogP contribution is 1.79. The first kappa shape index (κ1) is 7.43. The molecule has 0 spiro atoms. The molecular weight excluding hydrogens is 106 g/mol. The number of amides is 1. The Balaban J connectivity index is 3.46. The molecule has 0 aromatic heterocycles. The molecule has 0 aliphatic carbocycles. The molecule has 0 aliphatic rings. The maximum atomic E-state index is 10.4. The van der Waals surface area contributed by atoms with Crippen LogP contribution in [0.15, 0.2) is 0 Å². The third kappa shape index (κ3) is 1.93. The van der Waals surface area contributed by atoms with Crippen molar-refractivity contribution in [2.45, 2.75) is 6.92 Å². The Morgan fingerprint density at radius 2 is 2.12 bits per heavy atom. The Kier molecular flexibility index (Phi) is 3.19. The van der Waals surface area contributed by atoms with Gasteiger partial charge in [0.2, 0.25) is 0 Å². The molecule has 0 bridgehead atoms. The van der Waals surface area contributed by atoms with Gasteiger partial charge in [0.15, 0.2) is 6.61 Å². The molecule has 0 saturated heterocycles. The van der Waals surface area contributed by atoms with Crippen molar-refractivity contribution in [1.82, 2.24) is 4.90 Å². The molecule has 0 heterocycles. The van der Waals surface area contributed by atoms with Gasteiger partial charge in [-0.1, -0.05) is 0 Å². The van der Waals surface area contributed by atoms with Crippen LogP contribution in [0.1, 0.15) is 6.92 Å². The molecular formula is C5H10NO2. The summed E-state index contributed by atoms with van der Waals surface area (Å²) in [6.45, 7) is 1.80. The maximum Gasteiger partial charge on any atom is 0.251 e. The fourth-order valence-corrected chi connectivity index (χ4v) is 0.287. The second-order valence-corrected chi connectivity index (χ2v) is 1.55. The van der Waals surface area contributed by atoms with Crippen molar-refractivity contribution < 1.29 is 9.90 Å². The molecule has 0 aromatic carbocycles. The molecule has 3 heteroatoms. The van der Waals surface area contributed by atoms with Crippen LogP contribution in [0.3, 0.4) is 0 Å². The zero-order valence-corrected chi connectivity index (χ0v) is 5.18. The molecule has 3 nitrogen and oxygen atoms in total. The summed E-state index contributed by atoms with van der Waals surface area (Å²) >= 11 is 0. The van der Waals surface area contributed by atoms with E-state index in [1.54, 1.807) is 7.05 Å². The van der Waals surface area contributed by atoms with Gasteiger partial charge in [-0.25, -0.2) is 5.11 Å². The average Bonchev–Trinajstić information content (AvgIpc) is 1.84. The van der Waals surface area contributed by atoms with E-state index in [2.05, 4.69) is 0 Å². The summed E-state index contributed by atoms with van der Waals surface area (Å²) in [6.07, 6.45) is 0. The first-order chi connectivity index (χ1) is 3.72. The second-order valence-electron chi connectivity index (χ2n) is 1.55. The standard InChI is InChI=1S/C5H10NO2/c1-3-6(2)5(8)4-7/h3-4H2,1-2H3. The van der Waals surface area contributed by atoms with Gasteiger partial charge in [0.25, 0.3) is 5.91 Å².